The molecule has 0 aliphatic heterocycles. The number of hydrogen-bond donors (Lipinski definition) is 0. The average Bonchev–Trinajstić information content (AvgIpc) is 3.64. The summed E-state index contributed by atoms with van der Waals surface area (Å²) in [6.45, 7) is 4.61. The highest BCUT2D eigenvalue weighted by Gasteiger charge is 2.46. The van der Waals surface area contributed by atoms with Gasteiger partial charge in [0.1, 0.15) is 35.4 Å². The molecule has 0 amide bonds. The van der Waals surface area contributed by atoms with E-state index in [-0.39, 0.29) is 16.6 Å². The fraction of sp³-hybridized carbons (Fsp3) is 0.186. The van der Waals surface area contributed by atoms with Crippen LogP contribution in [-0.4, -0.2) is 0 Å². The van der Waals surface area contributed by atoms with Crippen molar-refractivity contribution in [3.05, 3.63) is 167 Å². The first kappa shape index (κ1) is 40.6. The van der Waals surface area contributed by atoms with Crippen molar-refractivity contribution in [1.82, 2.24) is 0 Å². The van der Waals surface area contributed by atoms with E-state index in [0.29, 0.717) is 0 Å². The second kappa shape index (κ2) is 17.3. The highest BCUT2D eigenvalue weighted by Crippen LogP contribution is 2.62. The number of hydrogen-bond acceptors (Lipinski definition) is 4. The monoisotopic (exact) mass is 810 g/mol. The summed E-state index contributed by atoms with van der Waals surface area (Å²) in [4.78, 5) is 0. The lowest BCUT2D eigenvalue weighted by atomic mass is 9.68. The molecule has 0 N–H and O–H groups in total. The van der Waals surface area contributed by atoms with Gasteiger partial charge in [0, 0.05) is 5.41 Å². The molecular formula is C59H46N4. The Labute approximate surface area is 369 Å². The van der Waals surface area contributed by atoms with Gasteiger partial charge in [-0.25, -0.2) is 0 Å². The first-order valence-corrected chi connectivity index (χ1v) is 22.2. The molecular weight excluding hydrogens is 765 g/mol. The molecule has 8 aromatic rings. The molecule has 0 unspecified atom stereocenters. The molecule has 8 aromatic carbocycles. The SMILES string of the molecule is CCCCCC1(CCCCC)c2c(c3ccccc3c3cc(-c4ccc(C=C(C#N)C#N)cc4)ccc23)-c2c1c1ccc(-c3ccc(C=C(C#N)C#N)cc3)cc1c1ccccc21. The molecule has 0 radical (unpaired) electrons. The number of nitrogens with zero attached hydrogens (tertiary/aromatic N) is 4. The zero-order valence-electron chi connectivity index (χ0n) is 35.8. The lowest BCUT2D eigenvalue weighted by molar-refractivity contribution is 0.410. The molecule has 1 aliphatic rings. The third-order valence-corrected chi connectivity index (χ3v) is 13.3. The number of allylic oxidation sites excluding steroid dienone is 2. The van der Waals surface area contributed by atoms with E-state index >= 15 is 0 Å². The summed E-state index contributed by atoms with van der Waals surface area (Å²) in [7, 11) is 0. The number of unbranched alkanes of at least 4 members (excludes halogenated alkanes) is 4. The smallest absolute Gasteiger partial charge is 0.130 e. The van der Waals surface area contributed by atoms with Crippen LogP contribution in [0, 0.1) is 45.3 Å². The molecule has 0 saturated heterocycles. The van der Waals surface area contributed by atoms with Gasteiger partial charge in [-0.3, -0.25) is 0 Å². The summed E-state index contributed by atoms with van der Waals surface area (Å²) in [6, 6.07) is 56.3. The topological polar surface area (TPSA) is 95.2 Å². The van der Waals surface area contributed by atoms with E-state index in [2.05, 4.69) is 123 Å². The highest BCUT2D eigenvalue weighted by atomic mass is 14.5. The van der Waals surface area contributed by atoms with Gasteiger partial charge in [-0.05, 0) is 136 Å². The minimum atomic E-state index is -0.219. The molecule has 0 bridgehead atoms. The van der Waals surface area contributed by atoms with Gasteiger partial charge >= 0.3 is 0 Å². The summed E-state index contributed by atoms with van der Waals surface area (Å²) >= 11 is 0. The van der Waals surface area contributed by atoms with Crippen molar-refractivity contribution in [2.24, 2.45) is 0 Å². The normalized spacial score (nSPS) is 12.2. The zero-order valence-corrected chi connectivity index (χ0v) is 35.8. The van der Waals surface area contributed by atoms with Gasteiger partial charge in [0.2, 0.25) is 0 Å². The Hall–Kier alpha value is -7.76. The fourth-order valence-corrected chi connectivity index (χ4v) is 10.4. The molecule has 302 valence electrons. The van der Waals surface area contributed by atoms with Crippen LogP contribution in [0.3, 0.4) is 0 Å². The van der Waals surface area contributed by atoms with E-state index in [4.69, 9.17) is 0 Å². The molecule has 4 heteroatoms. The predicted octanol–water partition coefficient (Wildman–Crippen LogP) is 15.9. The molecule has 4 nitrogen and oxygen atoms in total. The third kappa shape index (κ3) is 7.11. The second-order valence-corrected chi connectivity index (χ2v) is 16.9. The number of nitriles is 4. The van der Waals surface area contributed by atoms with Gasteiger partial charge in [0.15, 0.2) is 0 Å². The maximum atomic E-state index is 9.33. The van der Waals surface area contributed by atoms with Crippen molar-refractivity contribution in [2.75, 3.05) is 0 Å². The van der Waals surface area contributed by atoms with Gasteiger partial charge in [0.25, 0.3) is 0 Å². The molecule has 0 saturated carbocycles. The standard InChI is InChI=1S/C59H46N4/c1-3-5-11-29-59(30-12-6-4-2)57-51-27-25-45(43-21-17-39(18-22-43)31-41(35-60)36-61)33-53(51)47-13-7-9-15-49(47)55(57)56-50-16-10-8-14-48(50)54-34-46(26-28-52(54)58(56)59)44-23-19-40(20-24-44)32-42(37-62)38-63/h7-10,13-28,31-34H,3-6,11-12,29-30H2,1-2H3. The largest absolute Gasteiger partial charge is 0.192 e. The van der Waals surface area contributed by atoms with Crippen LogP contribution >= 0.6 is 0 Å². The van der Waals surface area contributed by atoms with Crippen molar-refractivity contribution < 1.29 is 0 Å². The second-order valence-electron chi connectivity index (χ2n) is 16.9. The summed E-state index contributed by atoms with van der Waals surface area (Å²) in [6.07, 6.45) is 12.3. The van der Waals surface area contributed by atoms with Crippen LogP contribution in [0.4, 0.5) is 0 Å². The first-order valence-electron chi connectivity index (χ1n) is 22.2. The molecule has 63 heavy (non-hydrogen) atoms. The van der Waals surface area contributed by atoms with E-state index in [1.807, 2.05) is 48.5 Å². The Bertz CT molecular complexity index is 3080. The lowest BCUT2D eigenvalue weighted by Crippen LogP contribution is -2.26. The van der Waals surface area contributed by atoms with E-state index in [0.717, 1.165) is 71.9 Å². The maximum absolute atomic E-state index is 9.33. The van der Waals surface area contributed by atoms with Crippen molar-refractivity contribution in [2.45, 2.75) is 70.6 Å². The number of benzene rings is 8. The molecule has 1 aliphatic carbocycles. The minimum absolute atomic E-state index is 0.0882. The van der Waals surface area contributed by atoms with Crippen LogP contribution in [0.2, 0.25) is 0 Å². The quantitative estimate of drug-likeness (QED) is 0.0697. The van der Waals surface area contributed by atoms with Crippen LogP contribution < -0.4 is 0 Å². The van der Waals surface area contributed by atoms with Gasteiger partial charge in [-0.1, -0.05) is 174 Å². The maximum Gasteiger partial charge on any atom is 0.130 e. The molecule has 0 heterocycles. The molecule has 9 rings (SSSR count). The Kier molecular flexibility index (Phi) is 11.2. The summed E-state index contributed by atoms with van der Waals surface area (Å²) in [5, 5.41) is 47.6. The van der Waals surface area contributed by atoms with Crippen LogP contribution in [-0.2, 0) is 5.41 Å². The molecule has 0 aromatic heterocycles. The number of rotatable bonds is 12. The average molecular weight is 811 g/mol. The lowest BCUT2D eigenvalue weighted by Gasteiger charge is -2.35. The molecule has 0 spiro atoms. The van der Waals surface area contributed by atoms with Crippen molar-refractivity contribution in [3.8, 4) is 57.7 Å². The fourth-order valence-electron chi connectivity index (χ4n) is 10.4. The summed E-state index contributed by atoms with van der Waals surface area (Å²) < 4.78 is 0. The minimum Gasteiger partial charge on any atom is -0.192 e. The molecule has 0 atom stereocenters. The Morgan fingerprint density at radius 2 is 0.778 bits per heavy atom. The zero-order chi connectivity index (χ0) is 43.5. The van der Waals surface area contributed by atoms with Crippen molar-refractivity contribution in [1.29, 1.82) is 21.0 Å². The Morgan fingerprint density at radius 1 is 0.413 bits per heavy atom. The van der Waals surface area contributed by atoms with Crippen LogP contribution in [0.25, 0.3) is 88.6 Å². The van der Waals surface area contributed by atoms with Crippen molar-refractivity contribution >= 4 is 55.2 Å². The van der Waals surface area contributed by atoms with E-state index < -0.39 is 0 Å². The van der Waals surface area contributed by atoms with Gasteiger partial charge in [-0.15, -0.1) is 0 Å². The Morgan fingerprint density at radius 3 is 1.14 bits per heavy atom. The summed E-state index contributed by atoms with van der Waals surface area (Å²) in [5.41, 5.74) is 11.8. The van der Waals surface area contributed by atoms with E-state index in [1.54, 1.807) is 12.2 Å². The Balaban J connectivity index is 1.32. The van der Waals surface area contributed by atoms with E-state index in [9.17, 15) is 21.0 Å². The first-order chi connectivity index (χ1) is 31.0. The summed E-state index contributed by atoms with van der Waals surface area (Å²) in [5.74, 6) is 0. The van der Waals surface area contributed by atoms with Gasteiger partial charge < -0.3 is 0 Å². The van der Waals surface area contributed by atoms with Crippen LogP contribution in [0.5, 0.6) is 0 Å². The number of fused-ring (bicyclic) bond motifs is 13. The van der Waals surface area contributed by atoms with Gasteiger partial charge in [0.05, 0.1) is 0 Å². The predicted molar refractivity (Wildman–Crippen MR) is 260 cm³/mol. The van der Waals surface area contributed by atoms with Crippen LogP contribution in [0.15, 0.2) is 145 Å². The highest BCUT2D eigenvalue weighted by molar-refractivity contribution is 6.26. The van der Waals surface area contributed by atoms with Crippen molar-refractivity contribution in [3.63, 3.8) is 0 Å². The van der Waals surface area contributed by atoms with E-state index in [1.165, 1.54) is 78.2 Å². The van der Waals surface area contributed by atoms with Gasteiger partial charge in [-0.2, -0.15) is 21.0 Å². The molecule has 0 fully saturated rings. The van der Waals surface area contributed by atoms with Crippen LogP contribution in [0.1, 0.15) is 87.5 Å². The third-order valence-electron chi connectivity index (χ3n) is 13.3.